The highest BCUT2D eigenvalue weighted by molar-refractivity contribution is 5.84. The van der Waals surface area contributed by atoms with Gasteiger partial charge in [0, 0.05) is 7.05 Å². The van der Waals surface area contributed by atoms with E-state index in [0.29, 0.717) is 5.69 Å². The largest absolute Gasteiger partial charge is 0.307 e. The number of halogens is 1. The van der Waals surface area contributed by atoms with Crippen molar-refractivity contribution in [3.05, 3.63) is 39.7 Å². The van der Waals surface area contributed by atoms with Crippen LogP contribution in [0, 0.1) is 23.0 Å². The first-order valence-corrected chi connectivity index (χ1v) is 6.51. The lowest BCUT2D eigenvalue weighted by Gasteiger charge is -2.08. The Bertz CT molecular complexity index is 780. The molecule has 0 saturated heterocycles. The van der Waals surface area contributed by atoms with E-state index >= 15 is 0 Å². The Kier molecular flexibility index (Phi) is 4.48. The average Bonchev–Trinajstić information content (AvgIpc) is 3.07. The molecule has 23 heavy (non-hydrogen) atoms. The summed E-state index contributed by atoms with van der Waals surface area (Å²) < 4.78 is 15.9. The molecule has 0 aliphatic rings. The van der Waals surface area contributed by atoms with Gasteiger partial charge in [0.05, 0.1) is 22.4 Å². The quantitative estimate of drug-likeness (QED) is 0.493. The highest BCUT2D eigenvalue weighted by Gasteiger charge is 2.19. The van der Waals surface area contributed by atoms with Gasteiger partial charge in [-0.2, -0.15) is 19.7 Å². The second kappa shape index (κ2) is 6.34. The van der Waals surface area contributed by atoms with Crippen LogP contribution < -0.4 is 5.43 Å². The number of rotatable bonds is 5. The first-order chi connectivity index (χ1) is 10.8. The van der Waals surface area contributed by atoms with Gasteiger partial charge in [-0.3, -0.25) is 19.6 Å². The number of nitro groups is 1. The van der Waals surface area contributed by atoms with Gasteiger partial charge in [-0.25, -0.2) is 10.1 Å². The number of hydrogen-bond acceptors (Lipinski definition) is 6. The second-order valence-electron chi connectivity index (χ2n) is 4.76. The first kappa shape index (κ1) is 16.3. The van der Waals surface area contributed by atoms with Crippen LogP contribution in [0.15, 0.2) is 17.5 Å². The zero-order valence-corrected chi connectivity index (χ0v) is 12.6. The van der Waals surface area contributed by atoms with Crippen LogP contribution in [0.1, 0.15) is 24.2 Å². The third kappa shape index (κ3) is 3.39. The highest BCUT2D eigenvalue weighted by Crippen LogP contribution is 2.13. The van der Waals surface area contributed by atoms with E-state index in [1.807, 2.05) is 0 Å². The number of nitrogens with zero attached hydrogens (tertiary/aromatic N) is 6. The molecule has 11 heteroatoms. The molecule has 0 radical (unpaired) electrons. The summed E-state index contributed by atoms with van der Waals surface area (Å²) in [5.41, 5.74) is 2.60. The van der Waals surface area contributed by atoms with Gasteiger partial charge in [0.15, 0.2) is 0 Å². The van der Waals surface area contributed by atoms with Crippen LogP contribution in [0.4, 0.5) is 10.1 Å². The number of aryl methyl sites for hydroxylation is 2. The van der Waals surface area contributed by atoms with E-state index in [2.05, 4.69) is 20.7 Å². The molecule has 2 aromatic rings. The molecule has 0 spiro atoms. The number of amides is 1. The summed E-state index contributed by atoms with van der Waals surface area (Å²) in [5.74, 6) is -1.13. The Hall–Kier alpha value is -3.11. The smallest absolute Gasteiger partial charge is 0.271 e. The summed E-state index contributed by atoms with van der Waals surface area (Å²) in [6, 6.07) is -0.819. The minimum Gasteiger partial charge on any atom is -0.271 e. The zero-order valence-electron chi connectivity index (χ0n) is 12.6. The van der Waals surface area contributed by atoms with Crippen molar-refractivity contribution < 1.29 is 14.1 Å². The third-order valence-corrected chi connectivity index (χ3v) is 3.14. The van der Waals surface area contributed by atoms with Gasteiger partial charge in [-0.1, -0.05) is 0 Å². The molecule has 122 valence electrons. The summed E-state index contributed by atoms with van der Waals surface area (Å²) in [7, 11) is 1.45. The molecular weight excluding hydrogens is 309 g/mol. The fourth-order valence-electron chi connectivity index (χ4n) is 1.80. The first-order valence-electron chi connectivity index (χ1n) is 6.51. The number of nitrogens with one attached hydrogen (secondary N) is 1. The number of carbonyl (C=O) groups is 1. The number of hydrazone groups is 1. The minimum atomic E-state index is -0.819. The Labute approximate surface area is 129 Å². The summed E-state index contributed by atoms with van der Waals surface area (Å²) >= 11 is 0. The van der Waals surface area contributed by atoms with Crippen LogP contribution in [-0.4, -0.2) is 36.6 Å². The van der Waals surface area contributed by atoms with Crippen LogP contribution in [0.3, 0.4) is 0 Å². The maximum Gasteiger partial charge on any atom is 0.307 e. The lowest BCUT2D eigenvalue weighted by atomic mass is 10.3. The predicted molar refractivity (Wildman–Crippen MR) is 77.2 cm³/mol. The third-order valence-electron chi connectivity index (χ3n) is 3.14. The minimum absolute atomic E-state index is 0.162. The molecule has 0 aromatic carbocycles. The second-order valence-corrected chi connectivity index (χ2v) is 4.76. The fourth-order valence-corrected chi connectivity index (χ4v) is 1.80. The van der Waals surface area contributed by atoms with E-state index in [9.17, 15) is 19.3 Å². The lowest BCUT2D eigenvalue weighted by molar-refractivity contribution is -0.385. The van der Waals surface area contributed by atoms with Crippen molar-refractivity contribution in [3.8, 4) is 0 Å². The van der Waals surface area contributed by atoms with Gasteiger partial charge in [0.1, 0.15) is 18.4 Å². The molecule has 0 saturated carbocycles. The van der Waals surface area contributed by atoms with Crippen molar-refractivity contribution in [3.63, 3.8) is 0 Å². The van der Waals surface area contributed by atoms with Crippen molar-refractivity contribution >= 4 is 17.8 Å². The summed E-state index contributed by atoms with van der Waals surface area (Å²) in [4.78, 5) is 21.9. The maximum atomic E-state index is 13.7. The molecule has 0 aliphatic heterocycles. The number of aromatic nitrogens is 4. The molecule has 1 N–H and O–H groups in total. The predicted octanol–water partition coefficient (Wildman–Crippen LogP) is 0.684. The normalized spacial score (nSPS) is 12.5. The van der Waals surface area contributed by atoms with Crippen molar-refractivity contribution in [1.82, 2.24) is 25.0 Å². The van der Waals surface area contributed by atoms with E-state index in [0.717, 1.165) is 28.0 Å². The van der Waals surface area contributed by atoms with Crippen LogP contribution in [-0.2, 0) is 11.8 Å². The SMILES string of the molecule is Cc1nn(C)c(F)c1/C=N/NC(=O)C(C)n1cc([N+](=O)[O-])cn1. The van der Waals surface area contributed by atoms with E-state index in [1.165, 1.54) is 14.0 Å². The lowest BCUT2D eigenvalue weighted by Crippen LogP contribution is -2.27. The molecular formula is C12H14FN7O3. The van der Waals surface area contributed by atoms with Gasteiger partial charge in [-0.05, 0) is 13.8 Å². The highest BCUT2D eigenvalue weighted by atomic mass is 19.1. The van der Waals surface area contributed by atoms with Crippen LogP contribution in [0.2, 0.25) is 0 Å². The van der Waals surface area contributed by atoms with Crippen molar-refractivity contribution in [2.45, 2.75) is 19.9 Å². The average molecular weight is 323 g/mol. The molecule has 2 aromatic heterocycles. The molecule has 0 aliphatic carbocycles. The molecule has 1 unspecified atom stereocenters. The Morgan fingerprint density at radius 2 is 2.30 bits per heavy atom. The van der Waals surface area contributed by atoms with E-state index in [-0.39, 0.29) is 11.3 Å². The Morgan fingerprint density at radius 1 is 1.61 bits per heavy atom. The molecule has 1 amide bonds. The van der Waals surface area contributed by atoms with Crippen molar-refractivity contribution in [2.24, 2.45) is 12.1 Å². The molecule has 0 bridgehead atoms. The maximum absolute atomic E-state index is 13.7. The van der Waals surface area contributed by atoms with Crippen molar-refractivity contribution in [1.29, 1.82) is 0 Å². The van der Waals surface area contributed by atoms with Gasteiger partial charge in [0.25, 0.3) is 5.91 Å². The topological polar surface area (TPSA) is 120 Å². The van der Waals surface area contributed by atoms with Crippen LogP contribution in [0.5, 0.6) is 0 Å². The molecule has 2 rings (SSSR count). The van der Waals surface area contributed by atoms with E-state index < -0.39 is 22.8 Å². The number of hydrogen-bond donors (Lipinski definition) is 1. The number of carbonyl (C=O) groups excluding carboxylic acids is 1. The summed E-state index contributed by atoms with van der Waals surface area (Å²) in [5, 5.41) is 21.9. The van der Waals surface area contributed by atoms with Gasteiger partial charge < -0.3 is 0 Å². The van der Waals surface area contributed by atoms with E-state index in [4.69, 9.17) is 0 Å². The summed E-state index contributed by atoms with van der Waals surface area (Å²) in [6.07, 6.45) is 3.33. The van der Waals surface area contributed by atoms with Gasteiger partial charge in [-0.15, -0.1) is 0 Å². The Balaban J connectivity index is 2.03. The van der Waals surface area contributed by atoms with Gasteiger partial charge in [0.2, 0.25) is 5.95 Å². The molecule has 0 fully saturated rings. The Morgan fingerprint density at radius 3 is 2.83 bits per heavy atom. The molecule has 10 nitrogen and oxygen atoms in total. The standard InChI is InChI=1S/C12H14FN7O3/c1-7-10(11(13)18(3)17-7)5-14-16-12(21)8(2)19-6-9(4-15-19)20(22)23/h4-6,8H,1-3H3,(H,16,21)/b14-5+. The van der Waals surface area contributed by atoms with Crippen molar-refractivity contribution in [2.75, 3.05) is 0 Å². The monoisotopic (exact) mass is 323 g/mol. The van der Waals surface area contributed by atoms with Crippen LogP contribution >= 0.6 is 0 Å². The van der Waals surface area contributed by atoms with Crippen LogP contribution in [0.25, 0.3) is 0 Å². The molecule has 2 heterocycles. The van der Waals surface area contributed by atoms with E-state index in [1.54, 1.807) is 6.92 Å². The van der Waals surface area contributed by atoms with Gasteiger partial charge >= 0.3 is 5.69 Å². The molecule has 1 atom stereocenters. The zero-order chi connectivity index (χ0) is 17.1. The fraction of sp³-hybridized carbons (Fsp3) is 0.333. The summed E-state index contributed by atoms with van der Waals surface area (Å²) in [6.45, 7) is 3.11.